The molecule has 0 aromatic heterocycles. The summed E-state index contributed by atoms with van der Waals surface area (Å²) in [7, 11) is 0. The van der Waals surface area contributed by atoms with Gasteiger partial charge in [-0.2, -0.15) is 5.10 Å². The van der Waals surface area contributed by atoms with Crippen molar-refractivity contribution in [1.29, 1.82) is 0 Å². The number of rotatable bonds is 6. The zero-order chi connectivity index (χ0) is 15.0. The maximum Gasteiger partial charge on any atom is 0.427 e. The summed E-state index contributed by atoms with van der Waals surface area (Å²) in [6, 6.07) is 7.59. The highest BCUT2D eigenvalue weighted by molar-refractivity contribution is 5.99. The van der Waals surface area contributed by atoms with Gasteiger partial charge in [0.1, 0.15) is 5.75 Å². The number of hydrazone groups is 1. The van der Waals surface area contributed by atoms with Crippen molar-refractivity contribution in [3.05, 3.63) is 29.8 Å². The predicted molar refractivity (Wildman–Crippen MR) is 79.1 cm³/mol. The molecule has 0 saturated carbocycles. The molecular formula is C15H22N2O3. The summed E-state index contributed by atoms with van der Waals surface area (Å²) in [6.45, 7) is 8.78. The lowest BCUT2D eigenvalue weighted by Gasteiger charge is -2.09. The number of nitrogens with zero attached hydrogens (tertiary/aromatic N) is 1. The zero-order valence-electron chi connectivity index (χ0n) is 12.5. The van der Waals surface area contributed by atoms with E-state index in [4.69, 9.17) is 9.47 Å². The second-order valence-corrected chi connectivity index (χ2v) is 4.76. The lowest BCUT2D eigenvalue weighted by atomic mass is 10.1. The summed E-state index contributed by atoms with van der Waals surface area (Å²) in [5, 5.41) is 3.97. The third-order valence-corrected chi connectivity index (χ3v) is 2.45. The molecule has 1 amide bonds. The van der Waals surface area contributed by atoms with Gasteiger partial charge in [0.25, 0.3) is 0 Å². The zero-order valence-corrected chi connectivity index (χ0v) is 12.5. The van der Waals surface area contributed by atoms with Crippen LogP contribution in [0.15, 0.2) is 29.4 Å². The molecule has 0 bridgehead atoms. The first-order valence-corrected chi connectivity index (χ1v) is 6.73. The van der Waals surface area contributed by atoms with Crippen molar-refractivity contribution in [2.75, 3.05) is 13.2 Å². The van der Waals surface area contributed by atoms with E-state index < -0.39 is 6.09 Å². The Hall–Kier alpha value is -2.04. The fourth-order valence-electron chi connectivity index (χ4n) is 1.41. The van der Waals surface area contributed by atoms with Gasteiger partial charge < -0.3 is 9.47 Å². The van der Waals surface area contributed by atoms with E-state index in [0.29, 0.717) is 24.8 Å². The van der Waals surface area contributed by atoms with Gasteiger partial charge in [0, 0.05) is 0 Å². The van der Waals surface area contributed by atoms with Crippen LogP contribution in [0.25, 0.3) is 0 Å². The highest BCUT2D eigenvalue weighted by Gasteiger charge is 2.02. The Kier molecular flexibility index (Phi) is 6.56. The molecule has 0 saturated heterocycles. The van der Waals surface area contributed by atoms with E-state index in [0.717, 1.165) is 11.3 Å². The van der Waals surface area contributed by atoms with Gasteiger partial charge in [0.05, 0.1) is 18.9 Å². The van der Waals surface area contributed by atoms with Gasteiger partial charge in [-0.3, -0.25) is 0 Å². The average molecular weight is 278 g/mol. The molecule has 0 aliphatic rings. The van der Waals surface area contributed by atoms with Gasteiger partial charge in [-0.1, -0.05) is 13.8 Å². The van der Waals surface area contributed by atoms with Gasteiger partial charge in [-0.25, -0.2) is 10.2 Å². The third kappa shape index (κ3) is 5.73. The van der Waals surface area contributed by atoms with Gasteiger partial charge in [-0.15, -0.1) is 0 Å². The van der Waals surface area contributed by atoms with E-state index in [1.54, 1.807) is 6.92 Å². The van der Waals surface area contributed by atoms with Gasteiger partial charge in [-0.05, 0) is 49.6 Å². The van der Waals surface area contributed by atoms with Crippen LogP contribution in [0.4, 0.5) is 4.79 Å². The molecule has 0 heterocycles. The summed E-state index contributed by atoms with van der Waals surface area (Å²) in [5.41, 5.74) is 3.95. The van der Waals surface area contributed by atoms with Crippen molar-refractivity contribution in [2.45, 2.75) is 27.7 Å². The molecule has 110 valence electrons. The van der Waals surface area contributed by atoms with Crippen LogP contribution in [0.3, 0.4) is 0 Å². The minimum Gasteiger partial charge on any atom is -0.493 e. The van der Waals surface area contributed by atoms with Crippen LogP contribution < -0.4 is 10.2 Å². The molecular weight excluding hydrogens is 256 g/mol. The summed E-state index contributed by atoms with van der Waals surface area (Å²) >= 11 is 0. The Bertz CT molecular complexity index is 453. The van der Waals surface area contributed by atoms with Crippen LogP contribution in [-0.2, 0) is 4.74 Å². The largest absolute Gasteiger partial charge is 0.493 e. The Morgan fingerprint density at radius 1 is 1.30 bits per heavy atom. The van der Waals surface area contributed by atoms with Gasteiger partial charge in [0.2, 0.25) is 0 Å². The van der Waals surface area contributed by atoms with E-state index >= 15 is 0 Å². The molecule has 1 rings (SSSR count). The first kappa shape index (κ1) is 16.0. The van der Waals surface area contributed by atoms with Crippen molar-refractivity contribution in [1.82, 2.24) is 5.43 Å². The lowest BCUT2D eigenvalue weighted by Crippen LogP contribution is -2.20. The lowest BCUT2D eigenvalue weighted by molar-refractivity contribution is 0.152. The Labute approximate surface area is 120 Å². The number of benzene rings is 1. The minimum absolute atomic E-state index is 0.322. The van der Waals surface area contributed by atoms with Gasteiger partial charge in [0.15, 0.2) is 0 Å². The highest BCUT2D eigenvalue weighted by atomic mass is 16.5. The molecule has 5 nitrogen and oxygen atoms in total. The van der Waals surface area contributed by atoms with Crippen molar-refractivity contribution >= 4 is 11.8 Å². The molecule has 0 radical (unpaired) electrons. The van der Waals surface area contributed by atoms with Crippen LogP contribution in [0.5, 0.6) is 5.75 Å². The standard InChI is InChI=1S/C15H22N2O3/c1-5-19-15(18)17-16-12(4)13-6-8-14(9-7-13)20-10-11(2)3/h6-9,11H,5,10H2,1-4H3,(H,17,18)/b16-12-. The topological polar surface area (TPSA) is 59.9 Å². The molecule has 5 heteroatoms. The molecule has 1 aromatic carbocycles. The second-order valence-electron chi connectivity index (χ2n) is 4.76. The van der Waals surface area contributed by atoms with Crippen molar-refractivity contribution in [3.8, 4) is 5.75 Å². The molecule has 20 heavy (non-hydrogen) atoms. The Morgan fingerprint density at radius 3 is 2.50 bits per heavy atom. The first-order chi connectivity index (χ1) is 9.52. The molecule has 0 atom stereocenters. The number of carbonyl (C=O) groups excluding carboxylic acids is 1. The normalized spacial score (nSPS) is 11.3. The molecule has 0 unspecified atom stereocenters. The smallest absolute Gasteiger partial charge is 0.427 e. The van der Waals surface area contributed by atoms with Crippen LogP contribution in [-0.4, -0.2) is 25.0 Å². The van der Waals surface area contributed by atoms with E-state index in [9.17, 15) is 4.79 Å². The molecule has 1 N–H and O–H groups in total. The number of carbonyl (C=O) groups is 1. The Morgan fingerprint density at radius 2 is 1.95 bits per heavy atom. The average Bonchev–Trinajstić information content (AvgIpc) is 2.43. The summed E-state index contributed by atoms with van der Waals surface area (Å²) in [4.78, 5) is 11.1. The number of hydrogen-bond donors (Lipinski definition) is 1. The van der Waals surface area contributed by atoms with Crippen molar-refractivity contribution in [2.24, 2.45) is 11.0 Å². The van der Waals surface area contributed by atoms with Crippen molar-refractivity contribution in [3.63, 3.8) is 0 Å². The van der Waals surface area contributed by atoms with E-state index in [2.05, 4.69) is 24.4 Å². The highest BCUT2D eigenvalue weighted by Crippen LogP contribution is 2.13. The number of hydrogen-bond acceptors (Lipinski definition) is 4. The van der Waals surface area contributed by atoms with E-state index in [1.165, 1.54) is 0 Å². The van der Waals surface area contributed by atoms with Crippen LogP contribution in [0.1, 0.15) is 33.3 Å². The fraction of sp³-hybridized carbons (Fsp3) is 0.467. The second kappa shape index (κ2) is 8.19. The molecule has 0 aliphatic heterocycles. The quantitative estimate of drug-likeness (QED) is 0.642. The van der Waals surface area contributed by atoms with Gasteiger partial charge >= 0.3 is 6.09 Å². The van der Waals surface area contributed by atoms with E-state index in [-0.39, 0.29) is 0 Å². The minimum atomic E-state index is -0.552. The molecule has 0 fully saturated rings. The SMILES string of the molecule is CCOC(=O)N/N=C(/C)c1ccc(OCC(C)C)cc1. The summed E-state index contributed by atoms with van der Waals surface area (Å²) < 4.78 is 10.3. The predicted octanol–water partition coefficient (Wildman–Crippen LogP) is 3.19. The molecule has 1 aromatic rings. The monoisotopic (exact) mass is 278 g/mol. The van der Waals surface area contributed by atoms with E-state index in [1.807, 2.05) is 31.2 Å². The maximum atomic E-state index is 11.1. The molecule has 0 spiro atoms. The van der Waals surface area contributed by atoms with Crippen LogP contribution in [0, 0.1) is 5.92 Å². The molecule has 0 aliphatic carbocycles. The van der Waals surface area contributed by atoms with Crippen molar-refractivity contribution < 1.29 is 14.3 Å². The van der Waals surface area contributed by atoms with Crippen LogP contribution >= 0.6 is 0 Å². The summed E-state index contributed by atoms with van der Waals surface area (Å²) in [5.74, 6) is 1.32. The van der Waals surface area contributed by atoms with Crippen LogP contribution in [0.2, 0.25) is 0 Å². The number of amides is 1. The summed E-state index contributed by atoms with van der Waals surface area (Å²) in [6.07, 6.45) is -0.552. The third-order valence-electron chi connectivity index (χ3n) is 2.45. The fourth-order valence-corrected chi connectivity index (χ4v) is 1.41. The maximum absolute atomic E-state index is 11.1. The number of ether oxygens (including phenoxy) is 2. The number of nitrogens with one attached hydrogen (secondary N) is 1. The first-order valence-electron chi connectivity index (χ1n) is 6.73. The Balaban J connectivity index is 2.58.